The van der Waals surface area contributed by atoms with Gasteiger partial charge in [-0.15, -0.1) is 0 Å². The Balaban J connectivity index is 3.46. The fraction of sp³-hybridized carbons (Fsp3) is 0.643. The molecule has 6 atom stereocenters. The van der Waals surface area contributed by atoms with Crippen LogP contribution in [0, 0.1) is 17.8 Å². The van der Waals surface area contributed by atoms with Crippen LogP contribution in [-0.2, 0) is 23.9 Å². The molecule has 0 bridgehead atoms. The van der Waals surface area contributed by atoms with Gasteiger partial charge < -0.3 is 25.1 Å². The van der Waals surface area contributed by atoms with Crippen molar-refractivity contribution in [1.29, 1.82) is 0 Å². The van der Waals surface area contributed by atoms with Crippen LogP contribution in [0.25, 0.3) is 0 Å². The van der Waals surface area contributed by atoms with E-state index < -0.39 is 47.8 Å². The lowest BCUT2D eigenvalue weighted by Crippen LogP contribution is -2.42. The molecule has 0 spiro atoms. The third-order valence-corrected chi connectivity index (χ3v) is 6.83. The van der Waals surface area contributed by atoms with E-state index in [0.29, 0.717) is 24.8 Å². The highest BCUT2D eigenvalue weighted by Gasteiger charge is 2.36. The number of carboxylic acid groups (broad SMARTS) is 1. The number of hydrogen-bond donors (Lipinski definition) is 2. The number of rotatable bonds is 15. The zero-order chi connectivity index (χ0) is 28.3. The average molecular weight is 522 g/mol. The first kappa shape index (κ1) is 32.1. The van der Waals surface area contributed by atoms with Crippen molar-refractivity contribution in [2.45, 2.75) is 98.6 Å². The van der Waals surface area contributed by atoms with Crippen LogP contribution in [-0.4, -0.2) is 41.1 Å². The lowest BCUT2D eigenvalue weighted by molar-refractivity contribution is -0.151. The predicted octanol–water partition coefficient (Wildman–Crippen LogP) is 4.84. The molecule has 9 nitrogen and oxygen atoms in total. The Morgan fingerprint density at radius 3 is 1.92 bits per heavy atom. The first-order chi connectivity index (χ1) is 17.4. The minimum atomic E-state index is -1.33. The third-order valence-electron chi connectivity index (χ3n) is 6.83. The van der Waals surface area contributed by atoms with E-state index in [1.807, 2.05) is 20.8 Å². The summed E-state index contributed by atoms with van der Waals surface area (Å²) in [7, 11) is 0. The van der Waals surface area contributed by atoms with Gasteiger partial charge in [-0.05, 0) is 43.9 Å². The number of carboxylic acids is 1. The van der Waals surface area contributed by atoms with Crippen LogP contribution in [0.2, 0.25) is 0 Å². The van der Waals surface area contributed by atoms with E-state index in [1.54, 1.807) is 33.8 Å². The highest BCUT2D eigenvalue weighted by atomic mass is 16.6. The van der Waals surface area contributed by atoms with Gasteiger partial charge in [-0.1, -0.05) is 54.0 Å². The molecule has 0 aliphatic heterocycles. The molecule has 1 rings (SSSR count). The molecule has 3 N–H and O–H groups in total. The lowest BCUT2D eigenvalue weighted by Gasteiger charge is -2.32. The largest absolute Gasteiger partial charge is 0.480 e. The van der Waals surface area contributed by atoms with Gasteiger partial charge in [-0.3, -0.25) is 19.2 Å². The van der Waals surface area contributed by atoms with E-state index in [2.05, 4.69) is 0 Å². The second-order valence-electron chi connectivity index (χ2n) is 9.71. The van der Waals surface area contributed by atoms with E-state index >= 15 is 0 Å². The molecule has 208 valence electrons. The van der Waals surface area contributed by atoms with Crippen molar-refractivity contribution < 1.29 is 38.5 Å². The summed E-state index contributed by atoms with van der Waals surface area (Å²) in [5.74, 6) is -4.58. The molecule has 0 heterocycles. The van der Waals surface area contributed by atoms with Crippen molar-refractivity contribution in [3.8, 4) is 11.5 Å². The van der Waals surface area contributed by atoms with Crippen LogP contribution >= 0.6 is 0 Å². The van der Waals surface area contributed by atoms with Crippen LogP contribution in [0.5, 0.6) is 11.5 Å². The SMILES string of the molecule is CCCCC(=O)OC(C)C(C)C(c1ccc(OC(=O)C(C)CC)c(OC(=O)C(C)CC)c1)[C@H](N)C(=O)O. The van der Waals surface area contributed by atoms with Gasteiger partial charge in [-0.2, -0.15) is 0 Å². The summed E-state index contributed by atoms with van der Waals surface area (Å²) in [6, 6.07) is 3.21. The summed E-state index contributed by atoms with van der Waals surface area (Å²) >= 11 is 0. The van der Waals surface area contributed by atoms with E-state index in [4.69, 9.17) is 19.9 Å². The Bertz CT molecular complexity index is 931. The number of carbonyl (C=O) groups is 4. The maximum atomic E-state index is 12.6. The summed E-state index contributed by atoms with van der Waals surface area (Å²) in [5.41, 5.74) is 6.56. The molecule has 0 aromatic heterocycles. The zero-order valence-electron chi connectivity index (χ0n) is 23.1. The Hall–Kier alpha value is -2.94. The van der Waals surface area contributed by atoms with Gasteiger partial charge >= 0.3 is 23.9 Å². The first-order valence-corrected chi connectivity index (χ1v) is 13.1. The molecular weight excluding hydrogens is 478 g/mol. The fourth-order valence-corrected chi connectivity index (χ4v) is 3.63. The van der Waals surface area contributed by atoms with Gasteiger partial charge in [0, 0.05) is 18.3 Å². The highest BCUT2D eigenvalue weighted by molar-refractivity contribution is 5.79. The minimum absolute atomic E-state index is 0.00170. The molecular formula is C28H43NO8. The highest BCUT2D eigenvalue weighted by Crippen LogP contribution is 2.37. The average Bonchev–Trinajstić information content (AvgIpc) is 2.87. The van der Waals surface area contributed by atoms with Crippen LogP contribution in [0.15, 0.2) is 18.2 Å². The Morgan fingerprint density at radius 2 is 1.43 bits per heavy atom. The molecule has 5 unspecified atom stereocenters. The van der Waals surface area contributed by atoms with Crippen LogP contribution in [0.3, 0.4) is 0 Å². The monoisotopic (exact) mass is 521 g/mol. The molecule has 0 fully saturated rings. The topological polar surface area (TPSA) is 142 Å². The van der Waals surface area contributed by atoms with Crippen LogP contribution in [0.4, 0.5) is 0 Å². The molecule has 37 heavy (non-hydrogen) atoms. The van der Waals surface area contributed by atoms with Crippen LogP contribution < -0.4 is 15.2 Å². The molecule has 0 aliphatic rings. The lowest BCUT2D eigenvalue weighted by atomic mass is 9.79. The number of benzene rings is 1. The summed E-state index contributed by atoms with van der Waals surface area (Å²) < 4.78 is 16.7. The molecule has 0 aliphatic carbocycles. The van der Waals surface area contributed by atoms with Crippen molar-refractivity contribution in [2.75, 3.05) is 0 Å². The van der Waals surface area contributed by atoms with Crippen molar-refractivity contribution in [3.63, 3.8) is 0 Å². The number of aliphatic carboxylic acids is 1. The Labute approximate surface area is 220 Å². The van der Waals surface area contributed by atoms with Gasteiger partial charge in [0.1, 0.15) is 12.1 Å². The van der Waals surface area contributed by atoms with Gasteiger partial charge in [0.25, 0.3) is 0 Å². The van der Waals surface area contributed by atoms with E-state index in [9.17, 15) is 24.3 Å². The summed E-state index contributed by atoms with van der Waals surface area (Å²) in [6.07, 6.45) is 2.30. The summed E-state index contributed by atoms with van der Waals surface area (Å²) in [4.78, 5) is 49.2. The summed E-state index contributed by atoms with van der Waals surface area (Å²) in [6.45, 7) is 12.6. The number of nitrogens with two attached hydrogens (primary N) is 1. The predicted molar refractivity (Wildman–Crippen MR) is 139 cm³/mol. The molecule has 0 saturated heterocycles. The van der Waals surface area contributed by atoms with Gasteiger partial charge in [0.05, 0.1) is 11.8 Å². The minimum Gasteiger partial charge on any atom is -0.480 e. The normalized spacial score (nSPS) is 16.0. The number of ether oxygens (including phenoxy) is 3. The maximum Gasteiger partial charge on any atom is 0.321 e. The van der Waals surface area contributed by atoms with Crippen LogP contribution in [0.1, 0.15) is 92.1 Å². The molecule has 0 saturated carbocycles. The molecule has 1 aromatic carbocycles. The molecule has 9 heteroatoms. The first-order valence-electron chi connectivity index (χ1n) is 13.1. The van der Waals surface area contributed by atoms with Crippen molar-refractivity contribution in [3.05, 3.63) is 23.8 Å². The fourth-order valence-electron chi connectivity index (χ4n) is 3.63. The zero-order valence-corrected chi connectivity index (χ0v) is 23.1. The van der Waals surface area contributed by atoms with E-state index in [-0.39, 0.29) is 29.8 Å². The van der Waals surface area contributed by atoms with Crippen molar-refractivity contribution in [2.24, 2.45) is 23.5 Å². The second-order valence-corrected chi connectivity index (χ2v) is 9.71. The van der Waals surface area contributed by atoms with E-state index in [1.165, 1.54) is 12.1 Å². The number of unbranched alkanes of at least 4 members (excludes halogenated alkanes) is 1. The van der Waals surface area contributed by atoms with Crippen molar-refractivity contribution >= 4 is 23.9 Å². The van der Waals surface area contributed by atoms with Crippen molar-refractivity contribution in [1.82, 2.24) is 0 Å². The molecule has 0 radical (unpaired) electrons. The van der Waals surface area contributed by atoms with Gasteiger partial charge in [0.2, 0.25) is 0 Å². The number of carbonyl (C=O) groups excluding carboxylic acids is 3. The summed E-state index contributed by atoms with van der Waals surface area (Å²) in [5, 5.41) is 9.74. The van der Waals surface area contributed by atoms with E-state index in [0.717, 1.165) is 6.42 Å². The smallest absolute Gasteiger partial charge is 0.321 e. The second kappa shape index (κ2) is 15.3. The van der Waals surface area contributed by atoms with Gasteiger partial charge in [0.15, 0.2) is 11.5 Å². The molecule has 1 aromatic rings. The quantitative estimate of drug-likeness (QED) is 0.245. The number of esters is 3. The Morgan fingerprint density at radius 1 is 0.892 bits per heavy atom. The number of hydrogen-bond acceptors (Lipinski definition) is 8. The standard InChI is InChI=1S/C28H43NO8/c1-8-11-12-23(30)35-19(7)18(6)24(25(29)26(31)32)20-13-14-21(36-27(33)16(4)9-2)22(15-20)37-28(34)17(5)10-3/h13-19,24-25H,8-12,29H2,1-7H3,(H,31,32)/t16?,17?,18?,19?,24?,25-/m0/s1. The Kier molecular flexibility index (Phi) is 13.3. The molecule has 0 amide bonds. The third kappa shape index (κ3) is 9.46. The van der Waals surface area contributed by atoms with Gasteiger partial charge in [-0.25, -0.2) is 0 Å². The maximum absolute atomic E-state index is 12.6.